The standard InChI is InChI=1S/C15H24N2O2/c1-12(2)7-9-17-15(3,4)11-19-14(18)13-6-5-8-16-10-13/h5-6,8,10,12,17H,7,9,11H2,1-4H3. The van der Waals surface area contributed by atoms with E-state index in [-0.39, 0.29) is 11.5 Å². The molecule has 0 saturated carbocycles. The third-order valence-corrected chi connectivity index (χ3v) is 2.79. The Morgan fingerprint density at radius 3 is 2.79 bits per heavy atom. The fourth-order valence-corrected chi connectivity index (χ4v) is 1.56. The number of carbonyl (C=O) groups excluding carboxylic acids is 1. The molecule has 4 heteroatoms. The van der Waals surface area contributed by atoms with Gasteiger partial charge in [-0.1, -0.05) is 13.8 Å². The second-order valence-electron chi connectivity index (χ2n) is 5.81. The maximum absolute atomic E-state index is 11.8. The van der Waals surface area contributed by atoms with Crippen molar-refractivity contribution in [1.82, 2.24) is 10.3 Å². The number of esters is 1. The molecule has 0 amide bonds. The minimum Gasteiger partial charge on any atom is -0.460 e. The number of hydrogen-bond acceptors (Lipinski definition) is 4. The van der Waals surface area contributed by atoms with Crippen molar-refractivity contribution < 1.29 is 9.53 Å². The Kier molecular flexibility index (Phi) is 5.96. The summed E-state index contributed by atoms with van der Waals surface area (Å²) >= 11 is 0. The lowest BCUT2D eigenvalue weighted by atomic mass is 10.1. The first-order valence-electron chi connectivity index (χ1n) is 6.73. The van der Waals surface area contributed by atoms with Crippen molar-refractivity contribution in [2.75, 3.05) is 13.2 Å². The van der Waals surface area contributed by atoms with Crippen LogP contribution in [0.5, 0.6) is 0 Å². The van der Waals surface area contributed by atoms with E-state index in [1.807, 2.05) is 13.8 Å². The molecule has 19 heavy (non-hydrogen) atoms. The quantitative estimate of drug-likeness (QED) is 0.769. The molecule has 0 aromatic carbocycles. The molecule has 106 valence electrons. The number of nitrogens with zero attached hydrogens (tertiary/aromatic N) is 1. The van der Waals surface area contributed by atoms with Gasteiger partial charge < -0.3 is 10.1 Å². The number of ether oxygens (including phenoxy) is 1. The first-order chi connectivity index (χ1) is 8.91. The van der Waals surface area contributed by atoms with Crippen LogP contribution < -0.4 is 5.32 Å². The van der Waals surface area contributed by atoms with Gasteiger partial charge in [-0.3, -0.25) is 4.98 Å². The molecule has 0 saturated heterocycles. The van der Waals surface area contributed by atoms with E-state index in [9.17, 15) is 4.79 Å². The van der Waals surface area contributed by atoms with Crippen molar-refractivity contribution in [3.05, 3.63) is 30.1 Å². The predicted molar refractivity (Wildman–Crippen MR) is 76.1 cm³/mol. The largest absolute Gasteiger partial charge is 0.460 e. The maximum atomic E-state index is 11.8. The van der Waals surface area contributed by atoms with E-state index < -0.39 is 0 Å². The molecule has 0 atom stereocenters. The summed E-state index contributed by atoms with van der Waals surface area (Å²) in [4.78, 5) is 15.7. The monoisotopic (exact) mass is 264 g/mol. The summed E-state index contributed by atoms with van der Waals surface area (Å²) in [5, 5.41) is 3.40. The van der Waals surface area contributed by atoms with Crippen molar-refractivity contribution >= 4 is 5.97 Å². The first kappa shape index (κ1) is 15.6. The molecule has 1 rings (SSSR count). The highest BCUT2D eigenvalue weighted by Gasteiger charge is 2.20. The number of hydrogen-bond donors (Lipinski definition) is 1. The molecule has 1 heterocycles. The molecule has 0 radical (unpaired) electrons. The third-order valence-electron chi connectivity index (χ3n) is 2.79. The van der Waals surface area contributed by atoms with Crippen LogP contribution in [0.15, 0.2) is 24.5 Å². The molecule has 0 aliphatic carbocycles. The van der Waals surface area contributed by atoms with E-state index in [1.54, 1.807) is 18.3 Å². The summed E-state index contributed by atoms with van der Waals surface area (Å²) in [6, 6.07) is 3.43. The molecular weight excluding hydrogens is 240 g/mol. The van der Waals surface area contributed by atoms with Crippen molar-refractivity contribution in [1.29, 1.82) is 0 Å². The predicted octanol–water partition coefficient (Wildman–Crippen LogP) is 2.65. The van der Waals surface area contributed by atoms with Crippen LogP contribution in [0.1, 0.15) is 44.5 Å². The summed E-state index contributed by atoms with van der Waals surface area (Å²) in [5.41, 5.74) is 0.271. The summed E-state index contributed by atoms with van der Waals surface area (Å²) in [5.74, 6) is 0.341. The Labute approximate surface area is 115 Å². The van der Waals surface area contributed by atoms with E-state index in [1.165, 1.54) is 6.20 Å². The second kappa shape index (κ2) is 7.24. The van der Waals surface area contributed by atoms with Crippen LogP contribution in [-0.2, 0) is 4.74 Å². The molecule has 0 bridgehead atoms. The van der Waals surface area contributed by atoms with Gasteiger partial charge in [0.2, 0.25) is 0 Å². The fraction of sp³-hybridized carbons (Fsp3) is 0.600. The van der Waals surface area contributed by atoms with Gasteiger partial charge in [-0.05, 0) is 44.9 Å². The van der Waals surface area contributed by atoms with E-state index in [4.69, 9.17) is 4.74 Å². The van der Waals surface area contributed by atoms with Gasteiger partial charge in [0.05, 0.1) is 5.56 Å². The maximum Gasteiger partial charge on any atom is 0.339 e. The van der Waals surface area contributed by atoms with Gasteiger partial charge in [0.25, 0.3) is 0 Å². The van der Waals surface area contributed by atoms with Crippen LogP contribution in [0.4, 0.5) is 0 Å². The molecule has 0 spiro atoms. The van der Waals surface area contributed by atoms with Crippen molar-refractivity contribution in [2.45, 2.75) is 39.7 Å². The average molecular weight is 264 g/mol. The zero-order valence-electron chi connectivity index (χ0n) is 12.3. The van der Waals surface area contributed by atoms with E-state index >= 15 is 0 Å². The minimum absolute atomic E-state index is 0.216. The molecule has 1 aromatic heterocycles. The fourth-order valence-electron chi connectivity index (χ4n) is 1.56. The molecule has 0 fully saturated rings. The molecule has 0 unspecified atom stereocenters. The average Bonchev–Trinajstić information content (AvgIpc) is 2.36. The van der Waals surface area contributed by atoms with Crippen LogP contribution in [0.3, 0.4) is 0 Å². The third kappa shape index (κ3) is 6.34. The Morgan fingerprint density at radius 2 is 2.21 bits per heavy atom. The van der Waals surface area contributed by atoms with Crippen LogP contribution in [-0.4, -0.2) is 29.6 Å². The lowest BCUT2D eigenvalue weighted by Gasteiger charge is -2.26. The molecular formula is C15H24N2O2. The normalized spacial score (nSPS) is 11.6. The van der Waals surface area contributed by atoms with Gasteiger partial charge >= 0.3 is 5.97 Å². The van der Waals surface area contributed by atoms with Crippen LogP contribution >= 0.6 is 0 Å². The summed E-state index contributed by atoms with van der Waals surface area (Å²) < 4.78 is 5.31. The smallest absolute Gasteiger partial charge is 0.339 e. The SMILES string of the molecule is CC(C)CCNC(C)(C)COC(=O)c1cccnc1. The summed E-state index contributed by atoms with van der Waals surface area (Å²) in [7, 11) is 0. The van der Waals surface area contributed by atoms with Crippen molar-refractivity contribution in [3.63, 3.8) is 0 Å². The van der Waals surface area contributed by atoms with Gasteiger partial charge in [0.15, 0.2) is 0 Å². The van der Waals surface area contributed by atoms with E-state index in [2.05, 4.69) is 24.1 Å². The minimum atomic E-state index is -0.327. The van der Waals surface area contributed by atoms with E-state index in [0.29, 0.717) is 18.1 Å². The number of rotatable bonds is 7. The highest BCUT2D eigenvalue weighted by Crippen LogP contribution is 2.07. The lowest BCUT2D eigenvalue weighted by molar-refractivity contribution is 0.0399. The zero-order valence-corrected chi connectivity index (χ0v) is 12.3. The number of aromatic nitrogens is 1. The lowest BCUT2D eigenvalue weighted by Crippen LogP contribution is -2.44. The van der Waals surface area contributed by atoms with Gasteiger partial charge in [0, 0.05) is 17.9 Å². The number of pyridine rings is 1. The second-order valence-corrected chi connectivity index (χ2v) is 5.81. The first-order valence-corrected chi connectivity index (χ1v) is 6.73. The Balaban J connectivity index is 2.36. The topological polar surface area (TPSA) is 51.2 Å². The molecule has 0 aliphatic rings. The van der Waals surface area contributed by atoms with Crippen LogP contribution in [0, 0.1) is 5.92 Å². The van der Waals surface area contributed by atoms with Gasteiger partial charge in [-0.25, -0.2) is 4.79 Å². The molecule has 1 N–H and O–H groups in total. The van der Waals surface area contributed by atoms with Crippen LogP contribution in [0.25, 0.3) is 0 Å². The van der Waals surface area contributed by atoms with Gasteiger partial charge in [-0.15, -0.1) is 0 Å². The Morgan fingerprint density at radius 1 is 1.47 bits per heavy atom. The number of carbonyl (C=O) groups is 1. The van der Waals surface area contributed by atoms with Crippen molar-refractivity contribution in [3.8, 4) is 0 Å². The summed E-state index contributed by atoms with van der Waals surface area (Å²) in [6.45, 7) is 9.72. The number of nitrogens with one attached hydrogen (secondary N) is 1. The zero-order chi connectivity index (χ0) is 14.3. The Hall–Kier alpha value is -1.42. The molecule has 0 aliphatic heterocycles. The molecule has 4 nitrogen and oxygen atoms in total. The van der Waals surface area contributed by atoms with E-state index in [0.717, 1.165) is 13.0 Å². The van der Waals surface area contributed by atoms with Crippen LogP contribution in [0.2, 0.25) is 0 Å². The highest BCUT2D eigenvalue weighted by atomic mass is 16.5. The summed E-state index contributed by atoms with van der Waals surface area (Å²) in [6.07, 6.45) is 4.26. The highest BCUT2D eigenvalue weighted by molar-refractivity contribution is 5.88. The molecule has 1 aromatic rings. The van der Waals surface area contributed by atoms with Gasteiger partial charge in [0.1, 0.15) is 6.61 Å². The van der Waals surface area contributed by atoms with Crippen molar-refractivity contribution in [2.24, 2.45) is 5.92 Å². The van der Waals surface area contributed by atoms with Gasteiger partial charge in [-0.2, -0.15) is 0 Å². The Bertz CT molecular complexity index is 388.